The average molecular weight is 249 g/mol. The number of rotatable bonds is 3. The van der Waals surface area contributed by atoms with Gasteiger partial charge in [-0.15, -0.1) is 0 Å². The minimum absolute atomic E-state index is 0.0343. The van der Waals surface area contributed by atoms with E-state index in [9.17, 15) is 19.7 Å². The number of H-pyrrole nitrogens is 1. The van der Waals surface area contributed by atoms with Gasteiger partial charge in [0.2, 0.25) is 5.91 Å². The van der Waals surface area contributed by atoms with Crippen LogP contribution in [0.25, 0.3) is 0 Å². The number of nitrogens with zero attached hydrogens (tertiary/aromatic N) is 1. The summed E-state index contributed by atoms with van der Waals surface area (Å²) in [7, 11) is 0. The van der Waals surface area contributed by atoms with Crippen LogP contribution in [0.5, 0.6) is 0 Å². The van der Waals surface area contributed by atoms with Crippen LogP contribution < -0.4 is 10.9 Å². The van der Waals surface area contributed by atoms with Crippen molar-refractivity contribution in [2.24, 2.45) is 0 Å². The number of hydrogen-bond donors (Lipinski definition) is 2. The maximum Gasteiger partial charge on any atom is 0.286 e. The first-order valence-electron chi connectivity index (χ1n) is 5.11. The van der Waals surface area contributed by atoms with E-state index in [0.717, 1.165) is 12.3 Å². The van der Waals surface area contributed by atoms with Crippen molar-refractivity contribution in [3.8, 4) is 11.8 Å². The van der Waals surface area contributed by atoms with Gasteiger partial charge in [0.05, 0.1) is 16.7 Å². The number of carbonyl (C=O) groups is 1. The van der Waals surface area contributed by atoms with E-state index in [1.807, 2.05) is 0 Å². The van der Waals surface area contributed by atoms with Gasteiger partial charge in [-0.1, -0.05) is 11.8 Å². The van der Waals surface area contributed by atoms with E-state index in [0.29, 0.717) is 13.0 Å². The van der Waals surface area contributed by atoms with Crippen molar-refractivity contribution in [3.63, 3.8) is 0 Å². The molecule has 0 spiro atoms. The van der Waals surface area contributed by atoms with Gasteiger partial charge < -0.3 is 10.3 Å². The van der Waals surface area contributed by atoms with Crippen LogP contribution in [0, 0.1) is 22.0 Å². The molecule has 0 saturated heterocycles. The molecule has 7 heteroatoms. The molecule has 0 aromatic carbocycles. The van der Waals surface area contributed by atoms with E-state index in [1.54, 1.807) is 0 Å². The van der Waals surface area contributed by atoms with Gasteiger partial charge in [-0.3, -0.25) is 19.7 Å². The number of aromatic amines is 1. The maximum absolute atomic E-state index is 11.3. The lowest BCUT2D eigenvalue weighted by Gasteiger charge is -1.94. The number of nitro groups is 1. The molecule has 0 fully saturated rings. The molecular weight excluding hydrogens is 238 g/mol. The van der Waals surface area contributed by atoms with Gasteiger partial charge in [0.15, 0.2) is 0 Å². The Hall–Kier alpha value is -2.62. The molecule has 0 unspecified atom stereocenters. The highest BCUT2D eigenvalue weighted by molar-refractivity contribution is 5.72. The largest absolute Gasteiger partial charge is 0.355 e. The Morgan fingerprint density at radius 3 is 2.94 bits per heavy atom. The van der Waals surface area contributed by atoms with Crippen molar-refractivity contribution in [2.75, 3.05) is 6.54 Å². The highest BCUT2D eigenvalue weighted by Gasteiger charge is 2.07. The molecule has 0 radical (unpaired) electrons. The van der Waals surface area contributed by atoms with Gasteiger partial charge in [-0.2, -0.15) is 0 Å². The van der Waals surface area contributed by atoms with Crippen LogP contribution >= 0.6 is 0 Å². The van der Waals surface area contributed by atoms with Crippen LogP contribution in [0.15, 0.2) is 17.1 Å². The molecule has 0 atom stereocenters. The fraction of sp³-hybridized carbons (Fsp3) is 0.273. The first-order valence-corrected chi connectivity index (χ1v) is 5.11. The Morgan fingerprint density at radius 2 is 2.33 bits per heavy atom. The summed E-state index contributed by atoms with van der Waals surface area (Å²) in [4.78, 5) is 34.0. The number of pyridine rings is 1. The van der Waals surface area contributed by atoms with Crippen molar-refractivity contribution in [1.82, 2.24) is 10.3 Å². The zero-order valence-corrected chi connectivity index (χ0v) is 9.65. The summed E-state index contributed by atoms with van der Waals surface area (Å²) < 4.78 is 0. The summed E-state index contributed by atoms with van der Waals surface area (Å²) in [5, 5.41) is 13.0. The molecule has 1 rings (SSSR count). The van der Waals surface area contributed by atoms with Gasteiger partial charge in [-0.25, -0.2) is 0 Å². The second kappa shape index (κ2) is 6.20. The summed E-state index contributed by atoms with van der Waals surface area (Å²) in [6.07, 6.45) is 1.38. The average Bonchev–Trinajstić information content (AvgIpc) is 2.30. The van der Waals surface area contributed by atoms with Crippen LogP contribution in [0.2, 0.25) is 0 Å². The Balaban J connectivity index is 2.75. The highest BCUT2D eigenvalue weighted by atomic mass is 16.6. The van der Waals surface area contributed by atoms with Crippen molar-refractivity contribution < 1.29 is 9.72 Å². The number of aromatic nitrogens is 1. The van der Waals surface area contributed by atoms with Crippen LogP contribution in [-0.2, 0) is 4.79 Å². The number of carbonyl (C=O) groups excluding carboxylic acids is 1. The first-order chi connectivity index (χ1) is 8.50. The molecule has 0 aliphatic carbocycles. The van der Waals surface area contributed by atoms with Gasteiger partial charge in [0, 0.05) is 26.0 Å². The van der Waals surface area contributed by atoms with Crippen molar-refractivity contribution in [3.05, 3.63) is 38.3 Å². The van der Waals surface area contributed by atoms with Gasteiger partial charge in [0.25, 0.3) is 11.2 Å². The molecule has 18 heavy (non-hydrogen) atoms. The topological polar surface area (TPSA) is 105 Å². The lowest BCUT2D eigenvalue weighted by Crippen LogP contribution is -2.20. The second-order valence-corrected chi connectivity index (χ2v) is 3.39. The SMILES string of the molecule is CC(=O)NCCC#Cc1cc([N+](=O)[O-])c[nH]c1=O. The molecule has 2 N–H and O–H groups in total. The van der Waals surface area contributed by atoms with E-state index in [2.05, 4.69) is 22.1 Å². The Kier molecular flexibility index (Phi) is 4.63. The van der Waals surface area contributed by atoms with E-state index in [4.69, 9.17) is 0 Å². The second-order valence-electron chi connectivity index (χ2n) is 3.39. The minimum atomic E-state index is -0.613. The molecule has 0 saturated carbocycles. The Bertz CT molecular complexity index is 580. The molecule has 0 aliphatic heterocycles. The van der Waals surface area contributed by atoms with Gasteiger partial charge >= 0.3 is 0 Å². The standard InChI is InChI=1S/C11H11N3O4/c1-8(15)12-5-3-2-4-9-6-10(14(17)18)7-13-11(9)16/h6-7H,3,5H2,1H3,(H,12,15)(H,13,16). The molecule has 1 heterocycles. The third-order valence-corrected chi connectivity index (χ3v) is 1.95. The predicted octanol–water partition coefficient (Wildman–Crippen LogP) is 0.161. The fourth-order valence-corrected chi connectivity index (χ4v) is 1.13. The smallest absolute Gasteiger partial charge is 0.286 e. The Morgan fingerprint density at radius 1 is 1.61 bits per heavy atom. The van der Waals surface area contributed by atoms with Crippen LogP contribution in [-0.4, -0.2) is 22.4 Å². The number of nitrogens with one attached hydrogen (secondary N) is 2. The quantitative estimate of drug-likeness (QED) is 0.344. The first kappa shape index (κ1) is 13.4. The lowest BCUT2D eigenvalue weighted by molar-refractivity contribution is -0.385. The molecule has 0 bridgehead atoms. The Labute approximate surface area is 102 Å². The monoisotopic (exact) mass is 249 g/mol. The molecule has 1 aromatic heterocycles. The third kappa shape index (κ3) is 4.09. The normalized spacial score (nSPS) is 9.17. The van der Waals surface area contributed by atoms with E-state index in [1.165, 1.54) is 6.92 Å². The zero-order chi connectivity index (χ0) is 13.5. The summed E-state index contributed by atoms with van der Waals surface area (Å²) in [5.74, 6) is 5.03. The molecular formula is C11H11N3O4. The summed E-state index contributed by atoms with van der Waals surface area (Å²) in [6.45, 7) is 1.76. The van der Waals surface area contributed by atoms with Crippen molar-refractivity contribution >= 4 is 11.6 Å². The fourth-order valence-electron chi connectivity index (χ4n) is 1.13. The number of amides is 1. The third-order valence-electron chi connectivity index (χ3n) is 1.95. The summed E-state index contributed by atoms with van der Waals surface area (Å²) >= 11 is 0. The molecule has 1 aromatic rings. The molecule has 1 amide bonds. The maximum atomic E-state index is 11.3. The van der Waals surface area contributed by atoms with Crippen LogP contribution in [0.4, 0.5) is 5.69 Å². The van der Waals surface area contributed by atoms with Gasteiger partial charge in [-0.05, 0) is 0 Å². The van der Waals surface area contributed by atoms with Crippen LogP contribution in [0.1, 0.15) is 18.9 Å². The number of hydrogen-bond acceptors (Lipinski definition) is 4. The lowest BCUT2D eigenvalue weighted by atomic mass is 10.2. The van der Waals surface area contributed by atoms with Crippen molar-refractivity contribution in [1.29, 1.82) is 0 Å². The zero-order valence-electron chi connectivity index (χ0n) is 9.65. The molecule has 0 aliphatic rings. The summed E-state index contributed by atoms with van der Waals surface area (Å²) in [6, 6.07) is 1.12. The van der Waals surface area contributed by atoms with E-state index < -0.39 is 10.5 Å². The van der Waals surface area contributed by atoms with Gasteiger partial charge in [0.1, 0.15) is 0 Å². The molecule has 94 valence electrons. The van der Waals surface area contributed by atoms with Crippen molar-refractivity contribution in [2.45, 2.75) is 13.3 Å². The minimum Gasteiger partial charge on any atom is -0.355 e. The van der Waals surface area contributed by atoms with E-state index >= 15 is 0 Å². The molecule has 7 nitrogen and oxygen atoms in total. The predicted molar refractivity (Wildman–Crippen MR) is 63.9 cm³/mol. The van der Waals surface area contributed by atoms with E-state index in [-0.39, 0.29) is 17.2 Å². The highest BCUT2D eigenvalue weighted by Crippen LogP contribution is 2.06. The van der Waals surface area contributed by atoms with Crippen LogP contribution in [0.3, 0.4) is 0 Å². The summed E-state index contributed by atoms with van der Waals surface area (Å²) in [5.41, 5.74) is -0.666.